The van der Waals surface area contributed by atoms with Crippen molar-refractivity contribution >= 4 is 24.2 Å². The predicted molar refractivity (Wildman–Crippen MR) is 230 cm³/mol. The van der Waals surface area contributed by atoms with E-state index in [4.69, 9.17) is 24.9 Å². The van der Waals surface area contributed by atoms with Crippen LogP contribution in [0.2, 0.25) is 0 Å². The van der Waals surface area contributed by atoms with Crippen molar-refractivity contribution in [3.05, 3.63) is 210 Å². The highest BCUT2D eigenvalue weighted by Gasteiger charge is 2.32. The smallest absolute Gasteiger partial charge is 0.194 e. The third-order valence-electron chi connectivity index (χ3n) is 9.88. The maximum atomic E-state index is 14.1. The zero-order valence-electron chi connectivity index (χ0n) is 30.8. The highest BCUT2D eigenvalue weighted by atomic mass is 16.1. The number of fused-ring (bicyclic) bond motifs is 3. The van der Waals surface area contributed by atoms with Crippen LogP contribution in [0.25, 0.3) is 56.4 Å². The summed E-state index contributed by atoms with van der Waals surface area (Å²) >= 11 is 0. The number of amidine groups is 2. The molecule has 57 heavy (non-hydrogen) atoms. The summed E-state index contributed by atoms with van der Waals surface area (Å²) in [6, 6.07) is 59.4. The van der Waals surface area contributed by atoms with E-state index in [0.29, 0.717) is 46.8 Å². The topological polar surface area (TPSA) is 92.8 Å². The third-order valence-corrected chi connectivity index (χ3v) is 9.88. The highest BCUT2D eigenvalue weighted by Crippen LogP contribution is 2.47. The van der Waals surface area contributed by atoms with Gasteiger partial charge in [0.05, 0.1) is 6.54 Å². The first-order valence-electron chi connectivity index (χ1n) is 18.6. The van der Waals surface area contributed by atoms with Gasteiger partial charge >= 0.3 is 0 Å². The molecule has 0 radical (unpaired) electrons. The molecule has 1 aliphatic carbocycles. The molecule has 0 saturated heterocycles. The molecule has 0 fully saturated rings. The number of hydrogen-bond acceptors (Lipinski definition) is 5. The first-order chi connectivity index (χ1) is 28.1. The van der Waals surface area contributed by atoms with Crippen molar-refractivity contribution in [3.8, 4) is 56.4 Å². The fourth-order valence-corrected chi connectivity index (χ4v) is 7.18. The number of hydrogen-bond donors (Lipinski definition) is 0. The molecule has 1 heterocycles. The Morgan fingerprint density at radius 1 is 0.456 bits per heavy atom. The van der Waals surface area contributed by atoms with E-state index in [9.17, 15) is 4.79 Å². The average Bonchev–Trinajstić information content (AvgIpc) is 3.59. The molecule has 9 rings (SSSR count). The SMILES string of the molecule is C=N/C(=N\C(=N/Cc1cccc(-c2cccc3c2-c2c(cccc2-c2nc(-c4ccccc4)nc(-c4ccccc4)n2)C3=O)c1)c1ccccc1)c1ccccc1. The average molecular weight is 735 g/mol. The van der Waals surface area contributed by atoms with Gasteiger partial charge in [-0.15, -0.1) is 0 Å². The van der Waals surface area contributed by atoms with Crippen molar-refractivity contribution < 1.29 is 4.79 Å². The molecule has 7 aromatic carbocycles. The Labute approximate surface area is 330 Å². The minimum absolute atomic E-state index is 0.0273. The van der Waals surface area contributed by atoms with E-state index < -0.39 is 0 Å². The standard InChI is InChI=1S/C50H34N6O/c1-51-46(34-18-6-2-7-19-34)53-47(35-20-8-3-9-21-35)52-32-33-17-14-26-38(31-33)39-27-15-28-40-43(39)44-41(45(40)57)29-16-30-42(44)50-55-48(36-22-10-4-11-23-36)54-49(56-50)37-24-12-5-13-25-37/h2-31H,1,32H2/b52-47-,53-46-. The first kappa shape index (κ1) is 35.0. The molecule has 7 heteroatoms. The van der Waals surface area contributed by atoms with E-state index in [1.807, 2.05) is 158 Å². The summed E-state index contributed by atoms with van der Waals surface area (Å²) in [6.45, 7) is 4.16. The van der Waals surface area contributed by atoms with Gasteiger partial charge in [-0.3, -0.25) is 9.79 Å². The van der Waals surface area contributed by atoms with Crippen molar-refractivity contribution in [2.45, 2.75) is 6.54 Å². The van der Waals surface area contributed by atoms with E-state index in [1.54, 1.807) is 0 Å². The monoisotopic (exact) mass is 734 g/mol. The number of nitrogens with zero attached hydrogens (tertiary/aromatic N) is 6. The summed E-state index contributed by atoms with van der Waals surface area (Å²) in [7, 11) is 0. The van der Waals surface area contributed by atoms with Gasteiger partial charge in [0.15, 0.2) is 34.9 Å². The lowest BCUT2D eigenvalue weighted by atomic mass is 9.91. The van der Waals surface area contributed by atoms with Crippen molar-refractivity contribution in [2.24, 2.45) is 15.0 Å². The summed E-state index contributed by atoms with van der Waals surface area (Å²) in [5.41, 5.74) is 10.1. The fraction of sp³-hybridized carbons (Fsp3) is 0.0200. The number of aliphatic imine (C=N–C) groups is 3. The Kier molecular flexibility index (Phi) is 9.53. The third kappa shape index (κ3) is 7.01. The molecule has 0 amide bonds. The molecular weight excluding hydrogens is 701 g/mol. The molecule has 0 bridgehead atoms. The second-order valence-electron chi connectivity index (χ2n) is 13.5. The lowest BCUT2D eigenvalue weighted by Crippen LogP contribution is -2.05. The van der Waals surface area contributed by atoms with E-state index in [1.165, 1.54) is 0 Å². The molecule has 1 aromatic heterocycles. The van der Waals surface area contributed by atoms with E-state index in [-0.39, 0.29) is 5.78 Å². The van der Waals surface area contributed by atoms with Gasteiger partial charge in [-0.1, -0.05) is 176 Å². The minimum atomic E-state index is -0.0273. The Hall–Kier alpha value is -7.77. The minimum Gasteiger partial charge on any atom is -0.289 e. The van der Waals surface area contributed by atoms with E-state index >= 15 is 0 Å². The molecule has 0 unspecified atom stereocenters. The number of benzene rings is 7. The van der Waals surface area contributed by atoms with Crippen LogP contribution in [-0.2, 0) is 6.54 Å². The van der Waals surface area contributed by atoms with Crippen molar-refractivity contribution in [2.75, 3.05) is 0 Å². The van der Waals surface area contributed by atoms with Gasteiger partial charge in [0.2, 0.25) is 0 Å². The van der Waals surface area contributed by atoms with Crippen molar-refractivity contribution in [1.82, 2.24) is 15.0 Å². The van der Waals surface area contributed by atoms with Gasteiger partial charge in [0, 0.05) is 50.1 Å². The lowest BCUT2D eigenvalue weighted by molar-refractivity contribution is 0.104. The van der Waals surface area contributed by atoms with Crippen molar-refractivity contribution in [1.29, 1.82) is 0 Å². The molecular formula is C50H34N6O. The zero-order chi connectivity index (χ0) is 38.6. The molecule has 8 aromatic rings. The zero-order valence-corrected chi connectivity index (χ0v) is 30.8. The van der Waals surface area contributed by atoms with Crippen molar-refractivity contribution in [3.63, 3.8) is 0 Å². The molecule has 7 nitrogen and oxygen atoms in total. The second kappa shape index (κ2) is 15.5. The maximum absolute atomic E-state index is 14.1. The van der Waals surface area contributed by atoms with Gasteiger partial charge in [-0.2, -0.15) is 0 Å². The van der Waals surface area contributed by atoms with Crippen LogP contribution < -0.4 is 0 Å². The molecule has 0 atom stereocenters. The second-order valence-corrected chi connectivity index (χ2v) is 13.5. The largest absolute Gasteiger partial charge is 0.289 e. The number of carbonyl (C=O) groups is 1. The predicted octanol–water partition coefficient (Wildman–Crippen LogP) is 10.8. The molecule has 0 N–H and O–H groups in total. The summed E-state index contributed by atoms with van der Waals surface area (Å²) in [5.74, 6) is 2.63. The molecule has 270 valence electrons. The van der Waals surface area contributed by atoms with Crippen LogP contribution in [0.15, 0.2) is 197 Å². The lowest BCUT2D eigenvalue weighted by Gasteiger charge is -2.14. The normalized spacial score (nSPS) is 12.2. The van der Waals surface area contributed by atoms with Crippen LogP contribution in [0.3, 0.4) is 0 Å². The Morgan fingerprint density at radius 3 is 1.49 bits per heavy atom. The maximum Gasteiger partial charge on any atom is 0.194 e. The summed E-state index contributed by atoms with van der Waals surface area (Å²) < 4.78 is 0. The van der Waals surface area contributed by atoms with Crippen LogP contribution in [-0.4, -0.2) is 39.1 Å². The van der Waals surface area contributed by atoms with Gasteiger partial charge in [0.1, 0.15) is 0 Å². The number of ketones is 1. The van der Waals surface area contributed by atoms with Crippen LogP contribution in [0.5, 0.6) is 0 Å². The fourth-order valence-electron chi connectivity index (χ4n) is 7.18. The first-order valence-corrected chi connectivity index (χ1v) is 18.6. The number of carbonyl (C=O) groups excluding carboxylic acids is 1. The Balaban J connectivity index is 1.14. The molecule has 1 aliphatic rings. The van der Waals surface area contributed by atoms with Gasteiger partial charge in [0.25, 0.3) is 0 Å². The van der Waals surface area contributed by atoms with Gasteiger partial charge in [-0.05, 0) is 29.5 Å². The summed E-state index contributed by atoms with van der Waals surface area (Å²) in [4.78, 5) is 43.2. The Bertz CT molecular complexity index is 2780. The number of aromatic nitrogens is 3. The molecule has 0 spiro atoms. The molecule has 0 saturated carbocycles. The summed E-state index contributed by atoms with van der Waals surface area (Å²) in [6.07, 6.45) is 0. The number of rotatable bonds is 8. The summed E-state index contributed by atoms with van der Waals surface area (Å²) in [5, 5.41) is 0. The van der Waals surface area contributed by atoms with Crippen LogP contribution >= 0.6 is 0 Å². The van der Waals surface area contributed by atoms with Gasteiger partial charge < -0.3 is 0 Å². The highest BCUT2D eigenvalue weighted by molar-refractivity contribution is 6.25. The van der Waals surface area contributed by atoms with Crippen LogP contribution in [0.4, 0.5) is 0 Å². The van der Waals surface area contributed by atoms with E-state index in [2.05, 4.69) is 36.0 Å². The molecule has 0 aliphatic heterocycles. The van der Waals surface area contributed by atoms with Crippen LogP contribution in [0.1, 0.15) is 32.6 Å². The quantitative estimate of drug-likeness (QED) is 0.115. The van der Waals surface area contributed by atoms with E-state index in [0.717, 1.165) is 55.6 Å². The van der Waals surface area contributed by atoms with Crippen LogP contribution in [0, 0.1) is 0 Å². The van der Waals surface area contributed by atoms with Gasteiger partial charge in [-0.25, -0.2) is 24.9 Å². The Morgan fingerprint density at radius 2 is 0.912 bits per heavy atom.